The Morgan fingerprint density at radius 2 is 2.05 bits per heavy atom. The predicted octanol–water partition coefficient (Wildman–Crippen LogP) is -0.910. The van der Waals surface area contributed by atoms with Gasteiger partial charge in [0.25, 0.3) is 5.91 Å². The molecule has 106 valence electrons. The summed E-state index contributed by atoms with van der Waals surface area (Å²) in [4.78, 5) is 21.9. The minimum absolute atomic E-state index is 0.127. The Hall–Kier alpha value is -1.87. The molecule has 0 unspecified atom stereocenters. The minimum Gasteiger partial charge on any atom is -0.480 e. The van der Waals surface area contributed by atoms with Gasteiger partial charge in [0.05, 0.1) is 0 Å². The number of nitrogens with one attached hydrogen (secondary N) is 1. The third kappa shape index (κ3) is 3.12. The van der Waals surface area contributed by atoms with Gasteiger partial charge in [-0.05, 0) is 6.07 Å². The number of aromatic nitrogens is 1. The highest BCUT2D eigenvalue weighted by Gasteiger charge is 2.25. The summed E-state index contributed by atoms with van der Waals surface area (Å²) in [5.74, 6) is -1.68. The molecule has 1 heterocycles. The van der Waals surface area contributed by atoms with E-state index in [4.69, 9.17) is 5.11 Å². The van der Waals surface area contributed by atoms with Crippen LogP contribution in [0.25, 0.3) is 0 Å². The number of carbonyl (C=O) groups excluding carboxylic acids is 1. The first-order chi connectivity index (χ1) is 8.70. The number of rotatable bonds is 5. The van der Waals surface area contributed by atoms with E-state index in [-0.39, 0.29) is 10.6 Å². The van der Waals surface area contributed by atoms with E-state index in [0.29, 0.717) is 4.31 Å². The lowest BCUT2D eigenvalue weighted by Gasteiger charge is -2.13. The highest BCUT2D eigenvalue weighted by atomic mass is 32.2. The van der Waals surface area contributed by atoms with Gasteiger partial charge >= 0.3 is 5.97 Å². The molecule has 0 saturated carbocycles. The Balaban J connectivity index is 3.16. The van der Waals surface area contributed by atoms with E-state index in [1.807, 2.05) is 0 Å². The number of carbonyl (C=O) groups is 2. The van der Waals surface area contributed by atoms with Gasteiger partial charge in [-0.2, -0.15) is 4.31 Å². The molecule has 1 amide bonds. The van der Waals surface area contributed by atoms with Gasteiger partial charge in [-0.1, -0.05) is 0 Å². The quantitative estimate of drug-likeness (QED) is 0.729. The SMILES string of the molecule is CNC(=O)c1cc(S(=O)(=O)N(C)CC(=O)O)cn1C. The van der Waals surface area contributed by atoms with Crippen molar-refractivity contribution >= 4 is 21.9 Å². The van der Waals surface area contributed by atoms with Crippen LogP contribution in [0.1, 0.15) is 10.5 Å². The molecular formula is C10H15N3O5S. The first-order valence-corrected chi connectivity index (χ1v) is 6.70. The lowest BCUT2D eigenvalue weighted by atomic mass is 10.4. The molecule has 0 saturated heterocycles. The maximum atomic E-state index is 12.1. The molecule has 9 heteroatoms. The summed E-state index contributed by atoms with van der Waals surface area (Å²) < 4.78 is 26.2. The molecule has 0 aliphatic carbocycles. The average molecular weight is 289 g/mol. The smallest absolute Gasteiger partial charge is 0.318 e. The molecule has 1 rings (SSSR count). The average Bonchev–Trinajstić information content (AvgIpc) is 2.70. The molecule has 0 aliphatic rings. The molecule has 0 fully saturated rings. The maximum Gasteiger partial charge on any atom is 0.318 e. The number of sulfonamides is 1. The van der Waals surface area contributed by atoms with Crippen molar-refractivity contribution in [1.82, 2.24) is 14.2 Å². The van der Waals surface area contributed by atoms with E-state index in [2.05, 4.69) is 5.32 Å². The van der Waals surface area contributed by atoms with Crippen LogP contribution in [0.4, 0.5) is 0 Å². The number of nitrogens with zero attached hydrogens (tertiary/aromatic N) is 2. The summed E-state index contributed by atoms with van der Waals surface area (Å²) in [5.41, 5.74) is 0.171. The minimum atomic E-state index is -3.93. The van der Waals surface area contributed by atoms with Gasteiger partial charge in [0.2, 0.25) is 10.0 Å². The second kappa shape index (κ2) is 5.41. The fourth-order valence-electron chi connectivity index (χ4n) is 1.48. The van der Waals surface area contributed by atoms with Crippen LogP contribution in [0.3, 0.4) is 0 Å². The van der Waals surface area contributed by atoms with Gasteiger partial charge in [-0.15, -0.1) is 0 Å². The molecule has 8 nitrogen and oxygen atoms in total. The van der Waals surface area contributed by atoms with Crippen molar-refractivity contribution < 1.29 is 23.1 Å². The lowest BCUT2D eigenvalue weighted by molar-refractivity contribution is -0.137. The van der Waals surface area contributed by atoms with Gasteiger partial charge in [0.1, 0.15) is 17.1 Å². The molecular weight excluding hydrogens is 274 g/mol. The van der Waals surface area contributed by atoms with E-state index >= 15 is 0 Å². The molecule has 2 N–H and O–H groups in total. The molecule has 1 aromatic rings. The Labute approximate surface area is 110 Å². The first kappa shape index (κ1) is 15.2. The van der Waals surface area contributed by atoms with Crippen LogP contribution >= 0.6 is 0 Å². The zero-order chi connectivity index (χ0) is 14.8. The number of carboxylic acid groups (broad SMARTS) is 1. The number of likely N-dealkylation sites (N-methyl/N-ethyl adjacent to an activating group) is 1. The number of hydrogen-bond donors (Lipinski definition) is 2. The standard InChI is InChI=1S/C10H15N3O5S/c1-11-10(16)8-4-7(5-12(8)2)19(17,18)13(3)6-9(14)15/h4-5H,6H2,1-3H3,(H,11,16)(H,14,15). The van der Waals surface area contributed by atoms with Crippen LogP contribution in [0.15, 0.2) is 17.2 Å². The van der Waals surface area contributed by atoms with Crippen LogP contribution in [0.5, 0.6) is 0 Å². The topological polar surface area (TPSA) is 109 Å². The van der Waals surface area contributed by atoms with Crippen molar-refractivity contribution in [2.75, 3.05) is 20.6 Å². The Morgan fingerprint density at radius 1 is 1.47 bits per heavy atom. The van der Waals surface area contributed by atoms with Crippen molar-refractivity contribution in [2.45, 2.75) is 4.90 Å². The number of amides is 1. The zero-order valence-corrected chi connectivity index (χ0v) is 11.6. The fraction of sp³-hybridized carbons (Fsp3) is 0.400. The van der Waals surface area contributed by atoms with Crippen LogP contribution in [-0.4, -0.2) is 54.9 Å². The fourth-order valence-corrected chi connectivity index (χ4v) is 2.68. The van der Waals surface area contributed by atoms with Crippen molar-refractivity contribution in [3.8, 4) is 0 Å². The number of aryl methyl sites for hydroxylation is 1. The normalized spacial score (nSPS) is 11.6. The molecule has 0 atom stereocenters. The summed E-state index contributed by atoms with van der Waals surface area (Å²) in [7, 11) is 0.196. The summed E-state index contributed by atoms with van der Waals surface area (Å²) in [6.45, 7) is -0.646. The van der Waals surface area contributed by atoms with Gasteiger partial charge in [-0.3, -0.25) is 9.59 Å². The third-order valence-corrected chi connectivity index (χ3v) is 4.27. The van der Waals surface area contributed by atoms with Gasteiger partial charge in [0.15, 0.2) is 0 Å². The monoisotopic (exact) mass is 289 g/mol. The lowest BCUT2D eigenvalue weighted by Crippen LogP contribution is -2.31. The van der Waals surface area contributed by atoms with Gasteiger partial charge in [0, 0.05) is 27.3 Å². The number of aliphatic carboxylic acids is 1. The first-order valence-electron chi connectivity index (χ1n) is 5.26. The highest BCUT2D eigenvalue weighted by molar-refractivity contribution is 7.89. The molecule has 19 heavy (non-hydrogen) atoms. The van der Waals surface area contributed by atoms with Gasteiger partial charge < -0.3 is 15.0 Å². The van der Waals surface area contributed by atoms with E-state index in [1.165, 1.54) is 30.9 Å². The Bertz CT molecular complexity index is 605. The van der Waals surface area contributed by atoms with Crippen LogP contribution < -0.4 is 5.32 Å². The largest absolute Gasteiger partial charge is 0.480 e. The third-order valence-electron chi connectivity index (χ3n) is 2.51. The second-order valence-electron chi connectivity index (χ2n) is 3.91. The molecule has 0 aromatic carbocycles. The number of hydrogen-bond acceptors (Lipinski definition) is 4. The highest BCUT2D eigenvalue weighted by Crippen LogP contribution is 2.17. The summed E-state index contributed by atoms with van der Waals surface area (Å²) in [6.07, 6.45) is 1.26. The maximum absolute atomic E-state index is 12.1. The van der Waals surface area contributed by atoms with E-state index in [0.717, 1.165) is 7.05 Å². The summed E-state index contributed by atoms with van der Waals surface area (Å²) >= 11 is 0. The Kier molecular flexibility index (Phi) is 4.32. The van der Waals surface area contributed by atoms with E-state index in [9.17, 15) is 18.0 Å². The van der Waals surface area contributed by atoms with Crippen molar-refractivity contribution in [1.29, 1.82) is 0 Å². The van der Waals surface area contributed by atoms with Crippen molar-refractivity contribution in [2.24, 2.45) is 7.05 Å². The molecule has 0 radical (unpaired) electrons. The zero-order valence-electron chi connectivity index (χ0n) is 10.7. The van der Waals surface area contributed by atoms with Crippen LogP contribution in [-0.2, 0) is 21.9 Å². The van der Waals surface area contributed by atoms with Crippen LogP contribution in [0.2, 0.25) is 0 Å². The number of carboxylic acids is 1. The second-order valence-corrected chi connectivity index (χ2v) is 5.95. The molecule has 0 aliphatic heterocycles. The van der Waals surface area contributed by atoms with Crippen LogP contribution in [0, 0.1) is 0 Å². The van der Waals surface area contributed by atoms with Crippen molar-refractivity contribution in [3.63, 3.8) is 0 Å². The summed E-state index contributed by atoms with van der Waals surface area (Å²) in [6, 6.07) is 1.20. The van der Waals surface area contributed by atoms with E-state index in [1.54, 1.807) is 0 Å². The van der Waals surface area contributed by atoms with Crippen molar-refractivity contribution in [3.05, 3.63) is 18.0 Å². The molecule has 0 spiro atoms. The molecule has 0 bridgehead atoms. The molecule has 1 aromatic heterocycles. The Morgan fingerprint density at radius 3 is 2.53 bits per heavy atom. The predicted molar refractivity (Wildman–Crippen MR) is 66.3 cm³/mol. The van der Waals surface area contributed by atoms with Gasteiger partial charge in [-0.25, -0.2) is 8.42 Å². The van der Waals surface area contributed by atoms with E-state index < -0.39 is 28.4 Å². The summed E-state index contributed by atoms with van der Waals surface area (Å²) in [5, 5.41) is 11.0.